The molecule has 0 bridgehead atoms. The van der Waals surface area contributed by atoms with Crippen molar-refractivity contribution in [2.75, 3.05) is 20.2 Å². The van der Waals surface area contributed by atoms with Gasteiger partial charge in [0.1, 0.15) is 23.2 Å². The van der Waals surface area contributed by atoms with E-state index in [-0.39, 0.29) is 28.5 Å². The van der Waals surface area contributed by atoms with Crippen LogP contribution in [-0.4, -0.2) is 41.3 Å². The van der Waals surface area contributed by atoms with Crippen LogP contribution in [0.5, 0.6) is 23.3 Å². The molecule has 27 heavy (non-hydrogen) atoms. The SMILES string of the molecule is COc1ccc(Oc2ncnc3ccc(OC4CCNC4)nc23)c(F)c1Cl. The lowest BCUT2D eigenvalue weighted by molar-refractivity contribution is 0.214. The standard InChI is InChI=1S/C18H16ClFN4O3/c1-25-12-3-4-13(16(20)15(12)19)27-18-17-11(22-9-23-18)2-5-14(24-17)26-10-6-7-21-8-10/h2-5,9-10,21H,6-8H2,1H3. The maximum absolute atomic E-state index is 14.5. The summed E-state index contributed by atoms with van der Waals surface area (Å²) < 4.78 is 30.9. The van der Waals surface area contributed by atoms with Crippen LogP contribution >= 0.6 is 11.6 Å². The normalized spacial score (nSPS) is 16.5. The summed E-state index contributed by atoms with van der Waals surface area (Å²) in [5.41, 5.74) is 0.921. The van der Waals surface area contributed by atoms with Crippen molar-refractivity contribution in [1.82, 2.24) is 20.3 Å². The number of pyridine rings is 1. The highest BCUT2D eigenvalue weighted by molar-refractivity contribution is 6.32. The maximum Gasteiger partial charge on any atom is 0.249 e. The minimum Gasteiger partial charge on any atom is -0.495 e. The summed E-state index contributed by atoms with van der Waals surface area (Å²) >= 11 is 5.95. The lowest BCUT2D eigenvalue weighted by Gasteiger charge is -2.13. The minimum absolute atomic E-state index is 0.0572. The zero-order chi connectivity index (χ0) is 18.8. The van der Waals surface area contributed by atoms with E-state index in [0.717, 1.165) is 19.5 Å². The molecule has 3 heterocycles. The van der Waals surface area contributed by atoms with Crippen molar-refractivity contribution >= 4 is 22.6 Å². The van der Waals surface area contributed by atoms with E-state index in [0.29, 0.717) is 16.9 Å². The summed E-state index contributed by atoms with van der Waals surface area (Å²) in [5, 5.41) is 3.06. The van der Waals surface area contributed by atoms with E-state index in [1.807, 2.05) is 0 Å². The average molecular weight is 391 g/mol. The minimum atomic E-state index is -0.743. The van der Waals surface area contributed by atoms with E-state index < -0.39 is 5.82 Å². The highest BCUT2D eigenvalue weighted by atomic mass is 35.5. The third-order valence-electron chi connectivity index (χ3n) is 4.16. The lowest BCUT2D eigenvalue weighted by atomic mass is 10.3. The largest absolute Gasteiger partial charge is 0.495 e. The third-order valence-corrected chi connectivity index (χ3v) is 4.52. The van der Waals surface area contributed by atoms with Gasteiger partial charge in [-0.2, -0.15) is 4.98 Å². The number of hydrogen-bond donors (Lipinski definition) is 1. The number of fused-ring (bicyclic) bond motifs is 1. The molecule has 9 heteroatoms. The number of halogens is 2. The Labute approximate surface area is 159 Å². The summed E-state index contributed by atoms with van der Waals surface area (Å²) in [5.74, 6) is -0.0756. The van der Waals surface area contributed by atoms with Gasteiger partial charge in [-0.05, 0) is 31.2 Å². The summed E-state index contributed by atoms with van der Waals surface area (Å²) in [6.45, 7) is 1.68. The first kappa shape index (κ1) is 17.7. The lowest BCUT2D eigenvalue weighted by Crippen LogP contribution is -2.20. The topological polar surface area (TPSA) is 78.4 Å². The van der Waals surface area contributed by atoms with Crippen LogP contribution in [0.3, 0.4) is 0 Å². The van der Waals surface area contributed by atoms with Gasteiger partial charge in [0.25, 0.3) is 0 Å². The highest BCUT2D eigenvalue weighted by Gasteiger charge is 2.19. The maximum atomic E-state index is 14.5. The van der Waals surface area contributed by atoms with Crippen molar-refractivity contribution in [1.29, 1.82) is 0 Å². The van der Waals surface area contributed by atoms with Crippen molar-refractivity contribution in [2.45, 2.75) is 12.5 Å². The molecule has 1 aliphatic rings. The number of aromatic nitrogens is 3. The monoisotopic (exact) mass is 390 g/mol. The summed E-state index contributed by atoms with van der Waals surface area (Å²) in [4.78, 5) is 12.7. The van der Waals surface area contributed by atoms with Gasteiger partial charge in [0.15, 0.2) is 17.1 Å². The molecule has 0 aliphatic carbocycles. The van der Waals surface area contributed by atoms with Gasteiger partial charge in [-0.25, -0.2) is 14.4 Å². The van der Waals surface area contributed by atoms with E-state index in [4.69, 9.17) is 25.8 Å². The van der Waals surface area contributed by atoms with Gasteiger partial charge in [-0.15, -0.1) is 0 Å². The molecule has 1 aliphatic heterocycles. The molecular weight excluding hydrogens is 375 g/mol. The highest BCUT2D eigenvalue weighted by Crippen LogP contribution is 2.36. The first-order chi connectivity index (χ1) is 13.2. The van der Waals surface area contributed by atoms with Crippen molar-refractivity contribution < 1.29 is 18.6 Å². The number of benzene rings is 1. The Morgan fingerprint density at radius 3 is 2.81 bits per heavy atom. The van der Waals surface area contributed by atoms with Crippen LogP contribution < -0.4 is 19.5 Å². The zero-order valence-corrected chi connectivity index (χ0v) is 15.2. The van der Waals surface area contributed by atoms with E-state index in [9.17, 15) is 4.39 Å². The van der Waals surface area contributed by atoms with E-state index in [1.165, 1.54) is 25.6 Å². The van der Waals surface area contributed by atoms with Crippen LogP contribution in [0.2, 0.25) is 5.02 Å². The Bertz CT molecular complexity index is 982. The van der Waals surface area contributed by atoms with Crippen molar-refractivity contribution in [3.05, 3.63) is 41.4 Å². The predicted octanol–water partition coefficient (Wildman–Crippen LogP) is 3.36. The number of nitrogens with one attached hydrogen (secondary N) is 1. The number of methoxy groups -OCH3 is 1. The molecule has 1 fully saturated rings. The van der Waals surface area contributed by atoms with Gasteiger partial charge in [-0.1, -0.05) is 11.6 Å². The predicted molar refractivity (Wildman–Crippen MR) is 97.3 cm³/mol. The van der Waals surface area contributed by atoms with Crippen molar-refractivity contribution in [2.24, 2.45) is 0 Å². The fraction of sp³-hybridized carbons (Fsp3) is 0.278. The molecular formula is C18H16ClFN4O3. The summed E-state index contributed by atoms with van der Waals surface area (Å²) in [6.07, 6.45) is 2.29. The van der Waals surface area contributed by atoms with Gasteiger partial charge in [-0.3, -0.25) is 0 Å². The fourth-order valence-electron chi connectivity index (χ4n) is 2.79. The number of rotatable bonds is 5. The van der Waals surface area contributed by atoms with E-state index in [2.05, 4.69) is 20.3 Å². The second-order valence-corrected chi connectivity index (χ2v) is 6.30. The molecule has 0 amide bonds. The molecule has 1 aromatic carbocycles. The molecule has 4 rings (SSSR count). The second-order valence-electron chi connectivity index (χ2n) is 5.92. The Hall–Kier alpha value is -2.71. The fourth-order valence-corrected chi connectivity index (χ4v) is 3.03. The molecule has 0 radical (unpaired) electrons. The van der Waals surface area contributed by atoms with Gasteiger partial charge in [0.05, 0.1) is 12.6 Å². The Balaban J connectivity index is 1.68. The molecule has 1 atom stereocenters. The van der Waals surface area contributed by atoms with Gasteiger partial charge in [0, 0.05) is 12.6 Å². The molecule has 1 N–H and O–H groups in total. The Morgan fingerprint density at radius 2 is 2.04 bits per heavy atom. The van der Waals surface area contributed by atoms with Crippen molar-refractivity contribution in [3.63, 3.8) is 0 Å². The third kappa shape index (κ3) is 3.58. The first-order valence-corrected chi connectivity index (χ1v) is 8.72. The molecule has 0 saturated carbocycles. The molecule has 2 aromatic heterocycles. The Morgan fingerprint density at radius 1 is 1.19 bits per heavy atom. The molecule has 1 unspecified atom stereocenters. The molecule has 3 aromatic rings. The number of ether oxygens (including phenoxy) is 3. The number of nitrogens with zero attached hydrogens (tertiary/aromatic N) is 3. The van der Waals surface area contributed by atoms with E-state index >= 15 is 0 Å². The van der Waals surface area contributed by atoms with Crippen LogP contribution in [0.25, 0.3) is 11.0 Å². The van der Waals surface area contributed by atoms with Crippen LogP contribution in [-0.2, 0) is 0 Å². The molecule has 1 saturated heterocycles. The van der Waals surface area contributed by atoms with Gasteiger partial charge in [0.2, 0.25) is 11.8 Å². The summed E-state index contributed by atoms with van der Waals surface area (Å²) in [7, 11) is 1.41. The van der Waals surface area contributed by atoms with Gasteiger partial charge >= 0.3 is 0 Å². The van der Waals surface area contributed by atoms with Crippen LogP contribution in [0.4, 0.5) is 4.39 Å². The quantitative estimate of drug-likeness (QED) is 0.715. The van der Waals surface area contributed by atoms with Crippen LogP contribution in [0.15, 0.2) is 30.6 Å². The average Bonchev–Trinajstić information content (AvgIpc) is 3.19. The second kappa shape index (κ2) is 7.50. The Kier molecular flexibility index (Phi) is 4.91. The van der Waals surface area contributed by atoms with Crippen LogP contribution in [0.1, 0.15) is 6.42 Å². The van der Waals surface area contributed by atoms with Crippen molar-refractivity contribution in [3.8, 4) is 23.3 Å². The smallest absolute Gasteiger partial charge is 0.249 e. The van der Waals surface area contributed by atoms with E-state index in [1.54, 1.807) is 12.1 Å². The first-order valence-electron chi connectivity index (χ1n) is 8.34. The summed E-state index contributed by atoms with van der Waals surface area (Å²) in [6, 6.07) is 6.42. The molecule has 140 valence electrons. The number of hydrogen-bond acceptors (Lipinski definition) is 7. The van der Waals surface area contributed by atoms with Gasteiger partial charge < -0.3 is 19.5 Å². The van der Waals surface area contributed by atoms with Crippen LogP contribution in [0, 0.1) is 5.82 Å². The molecule has 7 nitrogen and oxygen atoms in total. The zero-order valence-electron chi connectivity index (χ0n) is 14.4. The molecule has 0 spiro atoms.